The summed E-state index contributed by atoms with van der Waals surface area (Å²) < 4.78 is 23.6. The van der Waals surface area contributed by atoms with Crippen LogP contribution < -0.4 is 5.32 Å². The van der Waals surface area contributed by atoms with Crippen LogP contribution in [0.3, 0.4) is 0 Å². The highest BCUT2D eigenvalue weighted by Gasteiger charge is 2.50. The Labute approximate surface area is 272 Å². The molecule has 3 aliphatic heterocycles. The van der Waals surface area contributed by atoms with Crippen LogP contribution in [-0.4, -0.2) is 79.9 Å². The van der Waals surface area contributed by atoms with E-state index in [1.54, 1.807) is 36.7 Å². The number of benzene rings is 2. The maximum atomic E-state index is 14.1. The molecular formula is C33H40Cl2N4O4S. The van der Waals surface area contributed by atoms with Crippen molar-refractivity contribution in [2.45, 2.75) is 42.7 Å². The minimum Gasteiger partial charge on any atom is -0.338 e. The van der Waals surface area contributed by atoms with Gasteiger partial charge in [0.25, 0.3) is 0 Å². The van der Waals surface area contributed by atoms with E-state index in [0.717, 1.165) is 37.9 Å². The number of ketones is 1. The molecule has 3 aliphatic rings. The van der Waals surface area contributed by atoms with Gasteiger partial charge in [-0.05, 0) is 67.7 Å². The number of amides is 1. The van der Waals surface area contributed by atoms with Crippen LogP contribution in [-0.2, 0) is 21.2 Å². The van der Waals surface area contributed by atoms with Crippen molar-refractivity contribution in [3.05, 3.63) is 95.8 Å². The number of halogens is 2. The molecule has 0 aliphatic carbocycles. The highest BCUT2D eigenvalue weighted by atomic mass is 35.5. The summed E-state index contributed by atoms with van der Waals surface area (Å²) in [7, 11) is -3.26. The lowest BCUT2D eigenvalue weighted by Gasteiger charge is -2.43. The normalized spacial score (nSPS) is 22.3. The van der Waals surface area contributed by atoms with Gasteiger partial charge in [0.05, 0.1) is 16.4 Å². The van der Waals surface area contributed by atoms with E-state index < -0.39 is 15.3 Å². The average Bonchev–Trinajstić information content (AvgIpc) is 3.60. The molecule has 1 spiro atoms. The number of piperidine rings is 1. The first-order valence-corrected chi connectivity index (χ1v) is 16.7. The fourth-order valence-corrected chi connectivity index (χ4v) is 7.84. The monoisotopic (exact) mass is 658 g/mol. The molecule has 0 bridgehead atoms. The number of rotatable bonds is 8. The predicted molar refractivity (Wildman–Crippen MR) is 175 cm³/mol. The number of sulfone groups is 1. The number of nitrogens with one attached hydrogen (secondary N) is 1. The van der Waals surface area contributed by atoms with Crippen molar-refractivity contribution in [1.29, 1.82) is 0 Å². The summed E-state index contributed by atoms with van der Waals surface area (Å²) >= 11 is 0. The third kappa shape index (κ3) is 6.87. The van der Waals surface area contributed by atoms with Gasteiger partial charge in [0.1, 0.15) is 0 Å². The molecule has 0 saturated carbocycles. The Balaban J connectivity index is 0.00000221. The van der Waals surface area contributed by atoms with Crippen LogP contribution in [0, 0.1) is 11.3 Å². The number of aromatic nitrogens is 1. The van der Waals surface area contributed by atoms with Crippen molar-refractivity contribution in [2.24, 2.45) is 11.3 Å². The zero-order chi connectivity index (χ0) is 29.3. The molecule has 6 rings (SSSR count). The van der Waals surface area contributed by atoms with Crippen LogP contribution in [0.15, 0.2) is 84.0 Å². The van der Waals surface area contributed by atoms with Gasteiger partial charge in [-0.2, -0.15) is 0 Å². The number of nitrogens with zero attached hydrogens (tertiary/aromatic N) is 3. The van der Waals surface area contributed by atoms with Gasteiger partial charge < -0.3 is 10.2 Å². The fraction of sp³-hybridized carbons (Fsp3) is 0.424. The van der Waals surface area contributed by atoms with Gasteiger partial charge in [0.2, 0.25) is 5.91 Å². The lowest BCUT2D eigenvalue weighted by Crippen LogP contribution is -2.54. The molecule has 1 amide bonds. The molecule has 11 heteroatoms. The van der Waals surface area contributed by atoms with Crippen LogP contribution in [0.4, 0.5) is 0 Å². The van der Waals surface area contributed by atoms with Crippen LogP contribution in [0.5, 0.6) is 0 Å². The molecule has 236 valence electrons. The summed E-state index contributed by atoms with van der Waals surface area (Å²) in [6.07, 6.45) is 6.81. The number of carbonyl (C=O) groups excluding carboxylic acids is 2. The second-order valence-corrected chi connectivity index (χ2v) is 14.1. The van der Waals surface area contributed by atoms with Gasteiger partial charge in [-0.3, -0.25) is 19.5 Å². The minimum atomic E-state index is -3.26. The summed E-state index contributed by atoms with van der Waals surface area (Å²) in [5.41, 5.74) is 2.40. The summed E-state index contributed by atoms with van der Waals surface area (Å²) in [6, 6.07) is 20.6. The zero-order valence-corrected chi connectivity index (χ0v) is 27.3. The highest BCUT2D eigenvalue weighted by Crippen LogP contribution is 2.44. The lowest BCUT2D eigenvalue weighted by molar-refractivity contribution is -0.139. The second kappa shape index (κ2) is 14.1. The average molecular weight is 660 g/mol. The number of hydrogen-bond donors (Lipinski definition) is 1. The van der Waals surface area contributed by atoms with Crippen LogP contribution >= 0.6 is 24.8 Å². The maximum Gasteiger partial charge on any atom is 0.229 e. The molecule has 3 aromatic rings. The zero-order valence-electron chi connectivity index (χ0n) is 24.8. The molecule has 8 nitrogen and oxygen atoms in total. The molecule has 1 unspecified atom stereocenters. The van der Waals surface area contributed by atoms with Crippen molar-refractivity contribution in [1.82, 2.24) is 20.1 Å². The topological polar surface area (TPSA) is 99.7 Å². The Morgan fingerprint density at radius 2 is 1.64 bits per heavy atom. The van der Waals surface area contributed by atoms with Gasteiger partial charge >= 0.3 is 0 Å². The molecule has 0 radical (unpaired) electrons. The largest absolute Gasteiger partial charge is 0.338 e. The van der Waals surface area contributed by atoms with Crippen molar-refractivity contribution in [2.75, 3.05) is 39.0 Å². The number of hydrogen-bond acceptors (Lipinski definition) is 7. The second-order valence-electron chi connectivity index (χ2n) is 12.1. The van der Waals surface area contributed by atoms with E-state index in [9.17, 15) is 18.0 Å². The third-order valence-electron chi connectivity index (χ3n) is 9.58. The molecule has 3 fully saturated rings. The fourth-order valence-electron chi connectivity index (χ4n) is 7.21. The smallest absolute Gasteiger partial charge is 0.229 e. The van der Waals surface area contributed by atoms with Gasteiger partial charge in [-0.25, -0.2) is 8.42 Å². The predicted octanol–water partition coefficient (Wildman–Crippen LogP) is 4.40. The Morgan fingerprint density at radius 3 is 2.27 bits per heavy atom. The van der Waals surface area contributed by atoms with E-state index in [-0.39, 0.29) is 59.3 Å². The number of Topliss-reactive ketones (excluding diaryl/α,β-unsaturated/α-hetero) is 1. The molecule has 2 aromatic carbocycles. The molecular weight excluding hydrogens is 619 g/mol. The third-order valence-corrected chi connectivity index (χ3v) is 10.7. The summed E-state index contributed by atoms with van der Waals surface area (Å²) in [5, 5.41) is 3.55. The molecule has 1 N–H and O–H groups in total. The molecule has 3 atom stereocenters. The first-order valence-electron chi connectivity index (χ1n) is 14.8. The Kier molecular flexibility index (Phi) is 10.9. The van der Waals surface area contributed by atoms with Gasteiger partial charge in [0.15, 0.2) is 15.6 Å². The minimum absolute atomic E-state index is 0. The van der Waals surface area contributed by atoms with Crippen LogP contribution in [0.25, 0.3) is 0 Å². The van der Waals surface area contributed by atoms with Gasteiger partial charge in [0, 0.05) is 62.2 Å². The van der Waals surface area contributed by atoms with E-state index in [1.165, 1.54) is 11.8 Å². The first-order chi connectivity index (χ1) is 20.2. The summed E-state index contributed by atoms with van der Waals surface area (Å²) in [4.78, 5) is 36.6. The first kappa shape index (κ1) is 34.1. The van der Waals surface area contributed by atoms with Crippen molar-refractivity contribution >= 4 is 46.3 Å². The van der Waals surface area contributed by atoms with Crippen molar-refractivity contribution in [3.8, 4) is 0 Å². The van der Waals surface area contributed by atoms with E-state index in [2.05, 4.69) is 39.5 Å². The lowest BCUT2D eigenvalue weighted by atomic mass is 9.74. The van der Waals surface area contributed by atoms with Gasteiger partial charge in [-0.15, -0.1) is 24.8 Å². The van der Waals surface area contributed by atoms with E-state index in [4.69, 9.17) is 0 Å². The summed E-state index contributed by atoms with van der Waals surface area (Å²) in [6.45, 7) is 4.15. The highest BCUT2D eigenvalue weighted by molar-refractivity contribution is 7.90. The van der Waals surface area contributed by atoms with E-state index in [0.29, 0.717) is 31.7 Å². The molecule has 3 saturated heterocycles. The summed E-state index contributed by atoms with van der Waals surface area (Å²) in [5.74, 6) is 0.616. The quantitative estimate of drug-likeness (QED) is 0.358. The molecule has 1 aromatic heterocycles. The molecule has 4 heterocycles. The standard InChI is InChI=1S/C33H38N4O4S.2ClH/c1-42(40,41)27-11-9-24(10-12-27)23-37-19-15-33(32(37)39)13-17-36(18-14-33)30(31(38)26-8-5-16-34-20-26)29-22-35-21-28(29)25-6-3-2-4-7-25;;/h2-12,16,20,28-30,35H,13-15,17-19,21-23H2,1H3;2*1H/t28-,29-,30?;;/m1../s1. The number of carbonyl (C=O) groups is 2. The molecule has 44 heavy (non-hydrogen) atoms. The number of likely N-dealkylation sites (tertiary alicyclic amines) is 2. The Morgan fingerprint density at radius 1 is 0.955 bits per heavy atom. The Hall–Kier alpha value is -2.82. The van der Waals surface area contributed by atoms with Crippen LogP contribution in [0.1, 0.15) is 46.7 Å². The van der Waals surface area contributed by atoms with Crippen LogP contribution in [0.2, 0.25) is 0 Å². The van der Waals surface area contributed by atoms with Crippen molar-refractivity contribution in [3.63, 3.8) is 0 Å². The SMILES string of the molecule is CS(=O)(=O)c1ccc(CN2CCC3(CCN(C(C(=O)c4cccnc4)[C@@H]4CNC[C@@H]4c4ccccc4)CC3)C2=O)cc1.Cl.Cl. The van der Waals surface area contributed by atoms with E-state index >= 15 is 0 Å². The van der Waals surface area contributed by atoms with Gasteiger partial charge in [-0.1, -0.05) is 42.5 Å². The number of pyridine rings is 1. The van der Waals surface area contributed by atoms with E-state index in [1.807, 2.05) is 23.1 Å². The van der Waals surface area contributed by atoms with Crippen molar-refractivity contribution < 1.29 is 18.0 Å². The Bertz CT molecular complexity index is 1530. The maximum absolute atomic E-state index is 14.1.